The summed E-state index contributed by atoms with van der Waals surface area (Å²) in [6.45, 7) is 0. The molecule has 0 radical (unpaired) electrons. The molecule has 2 rings (SSSR count). The lowest BCUT2D eigenvalue weighted by Gasteiger charge is -2.18. The summed E-state index contributed by atoms with van der Waals surface area (Å²) in [7, 11) is 0. The molecule has 0 unspecified atom stereocenters. The van der Waals surface area contributed by atoms with E-state index in [0.29, 0.717) is 0 Å². The van der Waals surface area contributed by atoms with Crippen molar-refractivity contribution in [3.63, 3.8) is 0 Å². The second kappa shape index (κ2) is 5.38. The van der Waals surface area contributed by atoms with Crippen LogP contribution in [0.25, 0.3) is 0 Å². The molecule has 2 aromatic rings. The average Bonchev–Trinajstić information content (AvgIpc) is 2.40. The Balaban J connectivity index is 2.57. The second-order valence-corrected chi connectivity index (χ2v) is 3.89. The fourth-order valence-corrected chi connectivity index (χ4v) is 1.83. The molecule has 3 N–H and O–H groups in total. The third-order valence-corrected chi connectivity index (χ3v) is 2.75. The molecule has 0 saturated carbocycles. The van der Waals surface area contributed by atoms with Crippen molar-refractivity contribution in [2.75, 3.05) is 0 Å². The predicted octanol–water partition coefficient (Wildman–Crippen LogP) is 2.80. The summed E-state index contributed by atoms with van der Waals surface area (Å²) in [5.41, 5.74) is 1.75. The molecule has 2 nitrogen and oxygen atoms in total. The van der Waals surface area contributed by atoms with Gasteiger partial charge in [0.15, 0.2) is 23.3 Å². The van der Waals surface area contributed by atoms with Crippen LogP contribution >= 0.6 is 0 Å². The minimum Gasteiger partial charge on any atom is -0.271 e. The standard InChI is InChI=1S/C13H10F4N2/c14-9-5-1-3-7(11(9)16)13(19-18)8-4-2-6-10(15)12(8)17/h1-6,13,19H,18H2. The first-order chi connectivity index (χ1) is 9.06. The molecule has 0 aliphatic rings. The molecule has 0 fully saturated rings. The second-order valence-electron chi connectivity index (χ2n) is 3.89. The highest BCUT2D eigenvalue weighted by molar-refractivity contribution is 5.34. The van der Waals surface area contributed by atoms with Gasteiger partial charge in [-0.25, -0.2) is 23.0 Å². The largest absolute Gasteiger partial charge is 0.271 e. The van der Waals surface area contributed by atoms with Gasteiger partial charge in [-0.2, -0.15) is 0 Å². The SMILES string of the molecule is NNC(c1cccc(F)c1F)c1cccc(F)c1F. The van der Waals surface area contributed by atoms with Crippen LogP contribution in [0, 0.1) is 23.3 Å². The Morgan fingerprint density at radius 1 is 0.789 bits per heavy atom. The summed E-state index contributed by atoms with van der Waals surface area (Å²) in [5.74, 6) is 0.753. The molecular weight excluding hydrogens is 260 g/mol. The highest BCUT2D eigenvalue weighted by atomic mass is 19.2. The van der Waals surface area contributed by atoms with Gasteiger partial charge in [0.05, 0.1) is 6.04 Å². The summed E-state index contributed by atoms with van der Waals surface area (Å²) in [4.78, 5) is 0. The first-order valence-corrected chi connectivity index (χ1v) is 5.40. The van der Waals surface area contributed by atoms with Crippen LogP contribution in [0.1, 0.15) is 17.2 Å². The Labute approximate surface area is 106 Å². The van der Waals surface area contributed by atoms with Gasteiger partial charge in [-0.3, -0.25) is 5.84 Å². The number of nitrogens with two attached hydrogens (primary N) is 1. The van der Waals surface area contributed by atoms with Crippen LogP contribution < -0.4 is 11.3 Å². The van der Waals surface area contributed by atoms with Gasteiger partial charge in [0, 0.05) is 11.1 Å². The molecular formula is C13H10F4N2. The van der Waals surface area contributed by atoms with Crippen LogP contribution in [0.3, 0.4) is 0 Å². The molecule has 0 amide bonds. The zero-order valence-corrected chi connectivity index (χ0v) is 9.63. The number of hydrazine groups is 1. The fraction of sp³-hybridized carbons (Fsp3) is 0.0769. The molecule has 0 bridgehead atoms. The molecule has 100 valence electrons. The van der Waals surface area contributed by atoms with Gasteiger partial charge in [0.25, 0.3) is 0 Å². The molecule has 0 atom stereocenters. The summed E-state index contributed by atoms with van der Waals surface area (Å²) in [6.07, 6.45) is 0. The van der Waals surface area contributed by atoms with Gasteiger partial charge in [-0.15, -0.1) is 0 Å². The van der Waals surface area contributed by atoms with Crippen molar-refractivity contribution in [1.82, 2.24) is 5.43 Å². The Morgan fingerprint density at radius 3 is 1.58 bits per heavy atom. The van der Waals surface area contributed by atoms with Gasteiger partial charge in [0.1, 0.15) is 0 Å². The summed E-state index contributed by atoms with van der Waals surface area (Å²) in [5, 5.41) is 0. The molecule has 0 aliphatic heterocycles. The number of halogens is 4. The van der Waals surface area contributed by atoms with Crippen molar-refractivity contribution in [1.29, 1.82) is 0 Å². The Morgan fingerprint density at radius 2 is 1.21 bits per heavy atom. The lowest BCUT2D eigenvalue weighted by atomic mass is 9.98. The van der Waals surface area contributed by atoms with Crippen LogP contribution in [-0.4, -0.2) is 0 Å². The van der Waals surface area contributed by atoms with Crippen LogP contribution in [-0.2, 0) is 0 Å². The first kappa shape index (κ1) is 13.5. The third-order valence-electron chi connectivity index (χ3n) is 2.75. The molecule has 0 spiro atoms. The maximum absolute atomic E-state index is 13.7. The van der Waals surface area contributed by atoms with E-state index in [1.165, 1.54) is 24.3 Å². The summed E-state index contributed by atoms with van der Waals surface area (Å²) in [6, 6.07) is 5.67. The van der Waals surface area contributed by atoms with E-state index in [1.54, 1.807) is 0 Å². The molecule has 6 heteroatoms. The summed E-state index contributed by atoms with van der Waals surface area (Å²) < 4.78 is 53.7. The fourth-order valence-electron chi connectivity index (χ4n) is 1.83. The van der Waals surface area contributed by atoms with E-state index in [-0.39, 0.29) is 11.1 Å². The zero-order chi connectivity index (χ0) is 14.0. The van der Waals surface area contributed by atoms with Crippen molar-refractivity contribution in [2.24, 2.45) is 5.84 Å². The van der Waals surface area contributed by atoms with Gasteiger partial charge in [-0.1, -0.05) is 24.3 Å². The first-order valence-electron chi connectivity index (χ1n) is 5.40. The van der Waals surface area contributed by atoms with Crippen molar-refractivity contribution in [3.05, 3.63) is 70.8 Å². The highest BCUT2D eigenvalue weighted by Crippen LogP contribution is 2.27. The average molecular weight is 270 g/mol. The van der Waals surface area contributed by atoms with Gasteiger partial charge in [0.2, 0.25) is 0 Å². The quantitative estimate of drug-likeness (QED) is 0.511. The smallest absolute Gasteiger partial charge is 0.163 e. The predicted molar refractivity (Wildman–Crippen MR) is 61.9 cm³/mol. The third kappa shape index (κ3) is 2.45. The number of nitrogens with one attached hydrogen (secondary N) is 1. The van der Waals surface area contributed by atoms with Crippen molar-refractivity contribution in [3.8, 4) is 0 Å². The lowest BCUT2D eigenvalue weighted by Crippen LogP contribution is -2.30. The Bertz CT molecular complexity index is 550. The molecule has 0 saturated heterocycles. The van der Waals surface area contributed by atoms with E-state index in [1.807, 2.05) is 0 Å². The maximum Gasteiger partial charge on any atom is 0.163 e. The molecule has 2 aromatic carbocycles. The van der Waals surface area contributed by atoms with E-state index in [2.05, 4.69) is 5.43 Å². The monoisotopic (exact) mass is 270 g/mol. The normalized spacial score (nSPS) is 11.1. The molecule has 19 heavy (non-hydrogen) atoms. The molecule has 0 heterocycles. The van der Waals surface area contributed by atoms with E-state index in [0.717, 1.165) is 12.1 Å². The van der Waals surface area contributed by atoms with Crippen molar-refractivity contribution in [2.45, 2.75) is 6.04 Å². The van der Waals surface area contributed by atoms with E-state index < -0.39 is 29.3 Å². The van der Waals surface area contributed by atoms with Gasteiger partial charge < -0.3 is 0 Å². The Kier molecular flexibility index (Phi) is 3.82. The van der Waals surface area contributed by atoms with Crippen LogP contribution in [0.15, 0.2) is 36.4 Å². The minimum absolute atomic E-state index is 0.202. The van der Waals surface area contributed by atoms with E-state index >= 15 is 0 Å². The number of benzene rings is 2. The van der Waals surface area contributed by atoms with E-state index in [4.69, 9.17) is 5.84 Å². The number of hydrogen-bond donors (Lipinski definition) is 2. The van der Waals surface area contributed by atoms with Gasteiger partial charge in [-0.05, 0) is 12.1 Å². The van der Waals surface area contributed by atoms with Gasteiger partial charge >= 0.3 is 0 Å². The van der Waals surface area contributed by atoms with E-state index in [9.17, 15) is 17.6 Å². The lowest BCUT2D eigenvalue weighted by molar-refractivity contribution is 0.462. The van der Waals surface area contributed by atoms with Crippen LogP contribution in [0.5, 0.6) is 0 Å². The highest BCUT2D eigenvalue weighted by Gasteiger charge is 2.23. The molecule has 0 aromatic heterocycles. The van der Waals surface area contributed by atoms with Crippen LogP contribution in [0.2, 0.25) is 0 Å². The topological polar surface area (TPSA) is 38.0 Å². The Hall–Kier alpha value is -1.92. The maximum atomic E-state index is 13.7. The number of hydrogen-bond acceptors (Lipinski definition) is 2. The minimum atomic E-state index is -1.19. The number of rotatable bonds is 3. The zero-order valence-electron chi connectivity index (χ0n) is 9.63. The summed E-state index contributed by atoms with van der Waals surface area (Å²) >= 11 is 0. The van der Waals surface area contributed by atoms with Crippen LogP contribution in [0.4, 0.5) is 17.6 Å². The molecule has 0 aliphatic carbocycles. The van der Waals surface area contributed by atoms with Crippen molar-refractivity contribution >= 4 is 0 Å². The van der Waals surface area contributed by atoms with Crippen molar-refractivity contribution < 1.29 is 17.6 Å².